The van der Waals surface area contributed by atoms with Gasteiger partial charge in [-0.3, -0.25) is 4.79 Å². The molecule has 0 N–H and O–H groups in total. The van der Waals surface area contributed by atoms with Gasteiger partial charge in [-0.1, -0.05) is 17.7 Å². The van der Waals surface area contributed by atoms with E-state index in [1.54, 1.807) is 11.0 Å². The van der Waals surface area contributed by atoms with Gasteiger partial charge in [0, 0.05) is 11.4 Å². The number of thiophene rings is 1. The van der Waals surface area contributed by atoms with Crippen LogP contribution in [0.15, 0.2) is 24.8 Å². The number of amides is 1. The lowest BCUT2D eigenvalue weighted by Gasteiger charge is -2.12. The second-order valence-corrected chi connectivity index (χ2v) is 4.33. The van der Waals surface area contributed by atoms with Crippen LogP contribution in [0.4, 0.5) is 0 Å². The fourth-order valence-electron chi connectivity index (χ4n) is 0.948. The summed E-state index contributed by atoms with van der Waals surface area (Å²) in [6, 6.07) is 3.75. The summed E-state index contributed by atoms with van der Waals surface area (Å²) in [5, 5.41) is 0. The van der Waals surface area contributed by atoms with E-state index in [0.29, 0.717) is 13.1 Å². The van der Waals surface area contributed by atoms with Crippen LogP contribution in [0.25, 0.3) is 0 Å². The minimum absolute atomic E-state index is 0.568. The van der Waals surface area contributed by atoms with Gasteiger partial charge in [0.2, 0.25) is 6.41 Å². The molecule has 0 aliphatic heterocycles. The number of carbonyl (C=O) groups is 1. The van der Waals surface area contributed by atoms with E-state index in [0.717, 1.165) is 15.6 Å². The standard InChI is InChI=1S/C9H10ClNOS/c1-2-5-11(7-12)6-8-3-4-9(10)13-8/h2-4,7H,1,5-6H2. The predicted molar refractivity (Wildman–Crippen MR) is 56.0 cm³/mol. The Bertz CT molecular complexity index is 298. The van der Waals surface area contributed by atoms with Crippen LogP contribution in [0.3, 0.4) is 0 Å². The van der Waals surface area contributed by atoms with Crippen LogP contribution in [-0.2, 0) is 11.3 Å². The average molecular weight is 216 g/mol. The first-order valence-electron chi connectivity index (χ1n) is 3.80. The lowest BCUT2D eigenvalue weighted by Crippen LogP contribution is -2.20. The molecule has 0 unspecified atom stereocenters. The Morgan fingerprint density at radius 2 is 2.38 bits per heavy atom. The monoisotopic (exact) mass is 215 g/mol. The SMILES string of the molecule is C=CCN(C=O)Cc1ccc(Cl)s1. The third-order valence-electron chi connectivity index (χ3n) is 1.50. The summed E-state index contributed by atoms with van der Waals surface area (Å²) in [7, 11) is 0. The van der Waals surface area contributed by atoms with Gasteiger partial charge in [0.25, 0.3) is 0 Å². The van der Waals surface area contributed by atoms with Crippen LogP contribution in [0.5, 0.6) is 0 Å². The molecule has 0 aliphatic carbocycles. The first-order chi connectivity index (χ1) is 6.26. The maximum absolute atomic E-state index is 10.6. The maximum Gasteiger partial charge on any atom is 0.210 e. The van der Waals surface area contributed by atoms with Gasteiger partial charge in [-0.25, -0.2) is 0 Å². The lowest BCUT2D eigenvalue weighted by molar-refractivity contribution is -0.118. The van der Waals surface area contributed by atoms with E-state index in [1.165, 1.54) is 11.3 Å². The molecular weight excluding hydrogens is 206 g/mol. The zero-order valence-electron chi connectivity index (χ0n) is 7.07. The lowest BCUT2D eigenvalue weighted by atomic mass is 10.4. The molecule has 2 nitrogen and oxygen atoms in total. The average Bonchev–Trinajstić information content (AvgIpc) is 2.50. The molecule has 1 heterocycles. The van der Waals surface area contributed by atoms with E-state index in [4.69, 9.17) is 11.6 Å². The Labute approximate surface area is 86.4 Å². The van der Waals surface area contributed by atoms with E-state index >= 15 is 0 Å². The molecule has 1 rings (SSSR count). The fourth-order valence-corrected chi connectivity index (χ4v) is 2.06. The van der Waals surface area contributed by atoms with E-state index in [2.05, 4.69) is 6.58 Å². The van der Waals surface area contributed by atoms with Crippen molar-refractivity contribution in [3.05, 3.63) is 34.0 Å². The zero-order chi connectivity index (χ0) is 9.68. The summed E-state index contributed by atoms with van der Waals surface area (Å²) in [5.41, 5.74) is 0. The Balaban J connectivity index is 2.55. The highest BCUT2D eigenvalue weighted by atomic mass is 35.5. The van der Waals surface area contributed by atoms with Crippen LogP contribution < -0.4 is 0 Å². The quantitative estimate of drug-likeness (QED) is 0.546. The summed E-state index contributed by atoms with van der Waals surface area (Å²) in [6.45, 7) is 4.74. The summed E-state index contributed by atoms with van der Waals surface area (Å²) >= 11 is 7.24. The van der Waals surface area contributed by atoms with Crippen molar-refractivity contribution in [2.24, 2.45) is 0 Å². The summed E-state index contributed by atoms with van der Waals surface area (Å²) < 4.78 is 0.749. The van der Waals surface area contributed by atoms with Gasteiger partial charge in [0.1, 0.15) is 0 Å². The normalized spacial score (nSPS) is 9.62. The Hall–Kier alpha value is -0.800. The van der Waals surface area contributed by atoms with Crippen molar-refractivity contribution in [1.82, 2.24) is 4.90 Å². The molecule has 0 atom stereocenters. The van der Waals surface area contributed by atoms with Crippen molar-refractivity contribution >= 4 is 29.3 Å². The fraction of sp³-hybridized carbons (Fsp3) is 0.222. The number of halogens is 1. The van der Waals surface area contributed by atoms with E-state index in [1.807, 2.05) is 12.1 Å². The number of hydrogen-bond donors (Lipinski definition) is 0. The van der Waals surface area contributed by atoms with Gasteiger partial charge in [0.05, 0.1) is 10.9 Å². The molecule has 0 bridgehead atoms. The highest BCUT2D eigenvalue weighted by molar-refractivity contribution is 7.16. The Morgan fingerprint density at radius 1 is 1.62 bits per heavy atom. The van der Waals surface area contributed by atoms with Gasteiger partial charge < -0.3 is 4.90 Å². The summed E-state index contributed by atoms with van der Waals surface area (Å²) in [6.07, 6.45) is 2.51. The largest absolute Gasteiger partial charge is 0.336 e. The molecular formula is C9H10ClNOS. The van der Waals surface area contributed by atoms with Crippen molar-refractivity contribution < 1.29 is 4.79 Å². The van der Waals surface area contributed by atoms with Crippen LogP contribution in [-0.4, -0.2) is 17.9 Å². The highest BCUT2D eigenvalue weighted by Crippen LogP contribution is 2.22. The molecule has 1 aromatic rings. The summed E-state index contributed by atoms with van der Waals surface area (Å²) in [4.78, 5) is 13.3. The Morgan fingerprint density at radius 3 is 2.85 bits per heavy atom. The van der Waals surface area contributed by atoms with E-state index in [-0.39, 0.29) is 0 Å². The van der Waals surface area contributed by atoms with Crippen molar-refractivity contribution in [3.8, 4) is 0 Å². The molecule has 0 spiro atoms. The molecule has 0 fully saturated rings. The van der Waals surface area contributed by atoms with Crippen LogP contribution >= 0.6 is 22.9 Å². The van der Waals surface area contributed by atoms with E-state index in [9.17, 15) is 4.79 Å². The number of carbonyl (C=O) groups excluding carboxylic acids is 1. The van der Waals surface area contributed by atoms with Crippen molar-refractivity contribution in [2.75, 3.05) is 6.54 Å². The highest BCUT2D eigenvalue weighted by Gasteiger charge is 2.02. The van der Waals surface area contributed by atoms with Gasteiger partial charge >= 0.3 is 0 Å². The van der Waals surface area contributed by atoms with Crippen LogP contribution in [0.1, 0.15) is 4.88 Å². The smallest absolute Gasteiger partial charge is 0.210 e. The number of hydrogen-bond acceptors (Lipinski definition) is 2. The van der Waals surface area contributed by atoms with Crippen molar-refractivity contribution in [2.45, 2.75) is 6.54 Å². The molecule has 70 valence electrons. The van der Waals surface area contributed by atoms with Crippen molar-refractivity contribution in [1.29, 1.82) is 0 Å². The predicted octanol–water partition coefficient (Wildman–Crippen LogP) is 2.55. The van der Waals surface area contributed by atoms with Gasteiger partial charge in [-0.05, 0) is 12.1 Å². The molecule has 13 heavy (non-hydrogen) atoms. The topological polar surface area (TPSA) is 20.3 Å². The second-order valence-electron chi connectivity index (χ2n) is 2.53. The first kappa shape index (κ1) is 10.3. The van der Waals surface area contributed by atoms with Gasteiger partial charge in [0.15, 0.2) is 0 Å². The first-order valence-corrected chi connectivity index (χ1v) is 5.00. The number of rotatable bonds is 5. The molecule has 0 saturated carbocycles. The minimum atomic E-state index is 0.568. The van der Waals surface area contributed by atoms with Crippen LogP contribution in [0.2, 0.25) is 4.34 Å². The molecule has 1 amide bonds. The molecule has 1 aromatic heterocycles. The third kappa shape index (κ3) is 3.20. The second kappa shape index (κ2) is 5.04. The maximum atomic E-state index is 10.6. The summed E-state index contributed by atoms with van der Waals surface area (Å²) in [5.74, 6) is 0. The molecule has 0 saturated heterocycles. The van der Waals surface area contributed by atoms with Gasteiger partial charge in [-0.15, -0.1) is 17.9 Å². The van der Waals surface area contributed by atoms with Crippen molar-refractivity contribution in [3.63, 3.8) is 0 Å². The van der Waals surface area contributed by atoms with Crippen LogP contribution in [0, 0.1) is 0 Å². The Kier molecular flexibility index (Phi) is 3.99. The van der Waals surface area contributed by atoms with E-state index < -0.39 is 0 Å². The third-order valence-corrected chi connectivity index (χ3v) is 2.72. The molecule has 4 heteroatoms. The molecule has 0 radical (unpaired) electrons. The minimum Gasteiger partial charge on any atom is -0.336 e. The molecule has 0 aliphatic rings. The zero-order valence-corrected chi connectivity index (χ0v) is 8.64. The molecule has 0 aromatic carbocycles. The van der Waals surface area contributed by atoms with Gasteiger partial charge in [-0.2, -0.15) is 0 Å². The number of nitrogens with zero attached hydrogens (tertiary/aromatic N) is 1.